The minimum atomic E-state index is -0.460. The molecule has 5 nitrogen and oxygen atoms in total. The van der Waals surface area contributed by atoms with Crippen molar-refractivity contribution in [2.45, 2.75) is 13.5 Å². The highest BCUT2D eigenvalue weighted by molar-refractivity contribution is 6.16. The summed E-state index contributed by atoms with van der Waals surface area (Å²) in [7, 11) is 2.84. The van der Waals surface area contributed by atoms with Gasteiger partial charge in [0.15, 0.2) is 0 Å². The Hall–Kier alpha value is -3.21. The molecule has 0 saturated carbocycles. The lowest BCUT2D eigenvalue weighted by Crippen LogP contribution is -2.08. The lowest BCUT2D eigenvalue weighted by atomic mass is 10.0. The summed E-state index contributed by atoms with van der Waals surface area (Å²) in [5.41, 5.74) is 3.95. The van der Waals surface area contributed by atoms with Gasteiger partial charge in [0.1, 0.15) is 17.9 Å². The average molecular weight is 367 g/mol. The molecule has 0 aliphatic rings. The van der Waals surface area contributed by atoms with Gasteiger partial charge in [-0.05, 0) is 41.8 Å². The highest BCUT2D eigenvalue weighted by atomic mass is 16.5. The van der Waals surface area contributed by atoms with Crippen LogP contribution >= 0.6 is 0 Å². The van der Waals surface area contributed by atoms with Crippen molar-refractivity contribution in [2.75, 3.05) is 26.1 Å². The van der Waals surface area contributed by atoms with Gasteiger partial charge >= 0.3 is 5.97 Å². The van der Waals surface area contributed by atoms with E-state index >= 15 is 0 Å². The lowest BCUT2D eigenvalue weighted by molar-refractivity contribution is -0.133. The molecule has 2 aromatic rings. The maximum atomic E-state index is 12.1. The predicted molar refractivity (Wildman–Crippen MR) is 108 cm³/mol. The molecule has 0 bridgehead atoms. The molecule has 0 spiro atoms. The maximum Gasteiger partial charge on any atom is 0.341 e. The number of carbonyl (C=O) groups is 1. The van der Waals surface area contributed by atoms with E-state index in [-0.39, 0.29) is 0 Å². The highest BCUT2D eigenvalue weighted by Crippen LogP contribution is 2.25. The Morgan fingerprint density at radius 2 is 1.96 bits per heavy atom. The second-order valence-electron chi connectivity index (χ2n) is 5.85. The van der Waals surface area contributed by atoms with Crippen molar-refractivity contribution in [1.82, 2.24) is 0 Å². The highest BCUT2D eigenvalue weighted by Gasteiger charge is 2.17. The third kappa shape index (κ3) is 5.38. The van der Waals surface area contributed by atoms with Crippen LogP contribution < -0.4 is 10.1 Å². The smallest absolute Gasteiger partial charge is 0.341 e. The van der Waals surface area contributed by atoms with Crippen LogP contribution in [-0.2, 0) is 20.9 Å². The van der Waals surface area contributed by atoms with Crippen molar-refractivity contribution in [3.63, 3.8) is 0 Å². The fraction of sp³-hybridized carbons (Fsp3) is 0.227. The van der Waals surface area contributed by atoms with Crippen LogP contribution in [-0.4, -0.2) is 26.7 Å². The van der Waals surface area contributed by atoms with E-state index < -0.39 is 5.97 Å². The van der Waals surface area contributed by atoms with E-state index in [2.05, 4.69) is 11.9 Å². The quantitative estimate of drug-likeness (QED) is 0.309. The number of nitrogens with one attached hydrogen (secondary N) is 1. The molecule has 0 saturated heterocycles. The molecule has 27 heavy (non-hydrogen) atoms. The number of rotatable bonds is 9. The summed E-state index contributed by atoms with van der Waals surface area (Å²) in [6, 6.07) is 13.4. The molecule has 0 radical (unpaired) electrons. The van der Waals surface area contributed by atoms with E-state index in [9.17, 15) is 4.79 Å². The average Bonchev–Trinajstić information content (AvgIpc) is 2.69. The zero-order chi connectivity index (χ0) is 19.6. The zero-order valence-electron chi connectivity index (χ0n) is 16.0. The topological polar surface area (TPSA) is 56.8 Å². The molecule has 0 fully saturated rings. The number of hydrogen-bond donors (Lipinski definition) is 1. The summed E-state index contributed by atoms with van der Waals surface area (Å²) < 4.78 is 15.9. The number of ether oxygens (including phenoxy) is 3. The number of methoxy groups -OCH3 is 2. The fourth-order valence-corrected chi connectivity index (χ4v) is 2.63. The van der Waals surface area contributed by atoms with Gasteiger partial charge in [-0.3, -0.25) is 0 Å². The molecular formula is C22H25NO4. The van der Waals surface area contributed by atoms with Gasteiger partial charge in [0.05, 0.1) is 20.5 Å². The molecule has 0 aromatic heterocycles. The van der Waals surface area contributed by atoms with Gasteiger partial charge in [-0.25, -0.2) is 4.79 Å². The second kappa shape index (κ2) is 10.1. The van der Waals surface area contributed by atoms with Gasteiger partial charge in [0.2, 0.25) is 0 Å². The summed E-state index contributed by atoms with van der Waals surface area (Å²) in [5.74, 6) is 0.322. The van der Waals surface area contributed by atoms with Gasteiger partial charge in [-0.2, -0.15) is 0 Å². The number of esters is 1. The van der Waals surface area contributed by atoms with Gasteiger partial charge in [0.25, 0.3) is 0 Å². The molecular weight excluding hydrogens is 342 g/mol. The molecule has 2 rings (SSSR count). The third-order valence-electron chi connectivity index (χ3n) is 3.96. The Kier molecular flexibility index (Phi) is 7.49. The summed E-state index contributed by atoms with van der Waals surface area (Å²) in [5, 5.41) is 3.25. The van der Waals surface area contributed by atoms with E-state index in [1.165, 1.54) is 20.5 Å². The van der Waals surface area contributed by atoms with E-state index in [0.717, 1.165) is 22.6 Å². The predicted octanol–water partition coefficient (Wildman–Crippen LogP) is 4.33. The van der Waals surface area contributed by atoms with Crippen LogP contribution in [0.5, 0.6) is 5.75 Å². The normalized spacial score (nSPS) is 10.9. The molecule has 0 heterocycles. The fourth-order valence-electron chi connectivity index (χ4n) is 2.63. The van der Waals surface area contributed by atoms with E-state index in [1.807, 2.05) is 55.5 Å². The van der Waals surface area contributed by atoms with E-state index in [0.29, 0.717) is 24.3 Å². The van der Waals surface area contributed by atoms with E-state index in [1.54, 1.807) is 0 Å². The number of hydrogen-bond acceptors (Lipinski definition) is 5. The SMILES string of the molecule is C=CCNc1ccc(OCc2ccccc2/C(=C\OC)C(=O)OC)c(C)c1. The number of carbonyl (C=O) groups excluding carboxylic acids is 1. The minimum Gasteiger partial charge on any atom is -0.503 e. The van der Waals surface area contributed by atoms with Gasteiger partial charge in [-0.15, -0.1) is 6.58 Å². The minimum absolute atomic E-state index is 0.314. The molecule has 0 aliphatic carbocycles. The van der Waals surface area contributed by atoms with E-state index in [4.69, 9.17) is 14.2 Å². The zero-order valence-corrected chi connectivity index (χ0v) is 16.0. The first kappa shape index (κ1) is 20.1. The largest absolute Gasteiger partial charge is 0.503 e. The molecule has 0 aliphatic heterocycles. The van der Waals surface area contributed by atoms with Crippen LogP contribution in [0.2, 0.25) is 0 Å². The Bertz CT molecular complexity index is 827. The van der Waals surface area contributed by atoms with Gasteiger partial charge in [-0.1, -0.05) is 30.3 Å². The van der Waals surface area contributed by atoms with Crippen LogP contribution in [0.25, 0.3) is 5.57 Å². The first-order chi connectivity index (χ1) is 13.1. The Morgan fingerprint density at radius 1 is 1.19 bits per heavy atom. The lowest BCUT2D eigenvalue weighted by Gasteiger charge is -2.14. The van der Waals surface area contributed by atoms with Crippen LogP contribution in [0.4, 0.5) is 5.69 Å². The maximum absolute atomic E-state index is 12.1. The number of benzene rings is 2. The number of aryl methyl sites for hydroxylation is 1. The third-order valence-corrected chi connectivity index (χ3v) is 3.96. The summed E-state index contributed by atoms with van der Waals surface area (Å²) >= 11 is 0. The van der Waals surface area contributed by atoms with Crippen molar-refractivity contribution >= 4 is 17.2 Å². The standard InChI is InChI=1S/C22H25NO4/c1-5-12-23-18-10-11-21(16(2)13-18)27-14-17-8-6-7-9-19(17)20(15-25-3)22(24)26-4/h5-11,13,15,23H,1,12,14H2,2-4H3/b20-15+. The Labute approximate surface area is 160 Å². The monoisotopic (exact) mass is 367 g/mol. The molecule has 0 atom stereocenters. The van der Waals surface area contributed by atoms with Crippen LogP contribution in [0.15, 0.2) is 61.4 Å². The molecule has 2 aromatic carbocycles. The van der Waals surface area contributed by atoms with Crippen molar-refractivity contribution in [3.8, 4) is 5.75 Å². The van der Waals surface area contributed by atoms with Crippen LogP contribution in [0.3, 0.4) is 0 Å². The van der Waals surface area contributed by atoms with Crippen molar-refractivity contribution in [1.29, 1.82) is 0 Å². The second-order valence-corrected chi connectivity index (χ2v) is 5.85. The molecule has 1 N–H and O–H groups in total. The number of anilines is 1. The van der Waals surface area contributed by atoms with Gasteiger partial charge in [0, 0.05) is 12.2 Å². The summed E-state index contributed by atoms with van der Waals surface area (Å²) in [6.45, 7) is 6.71. The van der Waals surface area contributed by atoms with Crippen molar-refractivity contribution in [3.05, 3.63) is 78.1 Å². The van der Waals surface area contributed by atoms with Crippen LogP contribution in [0.1, 0.15) is 16.7 Å². The molecule has 5 heteroatoms. The summed E-state index contributed by atoms with van der Waals surface area (Å²) in [4.78, 5) is 12.1. The first-order valence-corrected chi connectivity index (χ1v) is 8.58. The molecule has 142 valence electrons. The van der Waals surface area contributed by atoms with Crippen molar-refractivity contribution < 1.29 is 19.0 Å². The Balaban J connectivity index is 2.20. The molecule has 0 unspecified atom stereocenters. The summed E-state index contributed by atoms with van der Waals surface area (Å²) in [6.07, 6.45) is 3.19. The van der Waals surface area contributed by atoms with Crippen molar-refractivity contribution in [2.24, 2.45) is 0 Å². The van der Waals surface area contributed by atoms with Gasteiger partial charge < -0.3 is 19.5 Å². The Morgan fingerprint density at radius 3 is 2.63 bits per heavy atom. The van der Waals surface area contributed by atoms with Crippen LogP contribution in [0, 0.1) is 6.92 Å². The first-order valence-electron chi connectivity index (χ1n) is 8.58. The molecule has 0 amide bonds.